The molecule has 29 heavy (non-hydrogen) atoms. The van der Waals surface area contributed by atoms with Gasteiger partial charge in [-0.25, -0.2) is 9.78 Å². The molecule has 2 aromatic rings. The Bertz CT molecular complexity index is 953. The van der Waals surface area contributed by atoms with Crippen LogP contribution in [0.15, 0.2) is 29.1 Å². The summed E-state index contributed by atoms with van der Waals surface area (Å²) in [6.07, 6.45) is -0.360. The number of alkyl carbamates (subject to hydrolysis) is 1. The maximum absolute atomic E-state index is 12.8. The number of carbonyl (C=O) groups is 3. The van der Waals surface area contributed by atoms with Crippen LogP contribution in [0.3, 0.4) is 0 Å². The first-order valence-electron chi connectivity index (χ1n) is 9.44. The van der Waals surface area contributed by atoms with Gasteiger partial charge in [-0.2, -0.15) is 0 Å². The number of hydrogen-bond acceptors (Lipinski definition) is 7. The third-order valence-corrected chi connectivity index (χ3v) is 4.31. The lowest BCUT2D eigenvalue weighted by molar-refractivity contribution is -0.154. The van der Waals surface area contributed by atoms with E-state index in [1.165, 1.54) is 6.92 Å². The first kappa shape index (κ1) is 22.1. The minimum absolute atomic E-state index is 0.0833. The lowest BCUT2D eigenvalue weighted by Gasteiger charge is -2.13. The Labute approximate surface area is 168 Å². The Morgan fingerprint density at radius 2 is 1.97 bits per heavy atom. The summed E-state index contributed by atoms with van der Waals surface area (Å²) >= 11 is 0. The summed E-state index contributed by atoms with van der Waals surface area (Å²) in [6.45, 7) is 3.95. The normalized spacial score (nSPS) is 11.7. The summed E-state index contributed by atoms with van der Waals surface area (Å²) in [7, 11) is 1.11. The van der Waals surface area contributed by atoms with E-state index in [0.717, 1.165) is 25.5 Å². The van der Waals surface area contributed by atoms with Gasteiger partial charge in [-0.1, -0.05) is 25.5 Å². The molecular formula is C20H25N3O6. The summed E-state index contributed by atoms with van der Waals surface area (Å²) in [4.78, 5) is 52.0. The monoisotopic (exact) mass is 403 g/mol. The van der Waals surface area contributed by atoms with Crippen LogP contribution in [-0.4, -0.2) is 40.7 Å². The van der Waals surface area contributed by atoms with Gasteiger partial charge in [-0.3, -0.25) is 19.7 Å². The molecule has 0 unspecified atom stereocenters. The number of esters is 1. The van der Waals surface area contributed by atoms with Crippen molar-refractivity contribution in [2.45, 2.75) is 52.2 Å². The minimum atomic E-state index is -1.17. The van der Waals surface area contributed by atoms with E-state index in [-0.39, 0.29) is 24.1 Å². The van der Waals surface area contributed by atoms with Crippen LogP contribution < -0.4 is 10.9 Å². The second-order valence-electron chi connectivity index (χ2n) is 6.47. The molecule has 0 saturated heterocycles. The van der Waals surface area contributed by atoms with Gasteiger partial charge in [0, 0.05) is 13.0 Å². The third-order valence-electron chi connectivity index (χ3n) is 4.31. The van der Waals surface area contributed by atoms with E-state index >= 15 is 0 Å². The van der Waals surface area contributed by atoms with Gasteiger partial charge in [-0.15, -0.1) is 0 Å². The van der Waals surface area contributed by atoms with E-state index in [2.05, 4.69) is 9.72 Å². The molecule has 1 aromatic heterocycles. The third kappa shape index (κ3) is 5.87. The Hall–Kier alpha value is -3.23. The molecule has 2 rings (SSSR count). The van der Waals surface area contributed by atoms with Gasteiger partial charge >= 0.3 is 12.1 Å². The van der Waals surface area contributed by atoms with Gasteiger partial charge in [-0.05, 0) is 25.5 Å². The number of unbranched alkanes of at least 4 members (excludes halogenated alkanes) is 1. The van der Waals surface area contributed by atoms with Crippen LogP contribution in [0.5, 0.6) is 0 Å². The molecule has 0 aliphatic carbocycles. The summed E-state index contributed by atoms with van der Waals surface area (Å²) < 4.78 is 11.0. The van der Waals surface area contributed by atoms with Gasteiger partial charge in [0.05, 0.1) is 24.6 Å². The number of aryl methyl sites for hydroxylation is 2. The Morgan fingerprint density at radius 3 is 2.66 bits per heavy atom. The van der Waals surface area contributed by atoms with E-state index in [1.54, 1.807) is 4.57 Å². The van der Waals surface area contributed by atoms with Crippen molar-refractivity contribution in [2.24, 2.45) is 0 Å². The van der Waals surface area contributed by atoms with E-state index in [9.17, 15) is 19.2 Å². The average molecular weight is 403 g/mol. The highest BCUT2D eigenvalue weighted by Crippen LogP contribution is 2.12. The van der Waals surface area contributed by atoms with E-state index in [4.69, 9.17) is 4.74 Å². The number of amides is 2. The van der Waals surface area contributed by atoms with Crippen molar-refractivity contribution in [1.29, 1.82) is 0 Å². The van der Waals surface area contributed by atoms with Crippen LogP contribution in [0.2, 0.25) is 0 Å². The number of imide groups is 1. The van der Waals surface area contributed by atoms with Gasteiger partial charge in [0.2, 0.25) is 0 Å². The van der Waals surface area contributed by atoms with Crippen molar-refractivity contribution < 1.29 is 23.9 Å². The first-order chi connectivity index (χ1) is 13.9. The van der Waals surface area contributed by atoms with Crippen LogP contribution in [0, 0.1) is 0 Å². The zero-order valence-electron chi connectivity index (χ0n) is 16.8. The number of nitrogens with zero attached hydrogens (tertiary/aromatic N) is 2. The molecule has 9 nitrogen and oxygen atoms in total. The largest absolute Gasteiger partial charge is 0.453 e. The number of aromatic nitrogens is 2. The molecule has 1 aromatic carbocycles. The molecule has 0 radical (unpaired) electrons. The van der Waals surface area contributed by atoms with Crippen LogP contribution in [-0.2, 0) is 32.0 Å². The van der Waals surface area contributed by atoms with Crippen molar-refractivity contribution >= 4 is 29.0 Å². The van der Waals surface area contributed by atoms with Crippen molar-refractivity contribution in [2.75, 3.05) is 7.11 Å². The minimum Gasteiger partial charge on any atom is -0.453 e. The SMILES string of the molecule is CCCCn1c(=O)c(CCC(=O)O[C@@H](C)C(=O)NC(=O)OC)nc2ccccc21. The lowest BCUT2D eigenvalue weighted by Crippen LogP contribution is -2.39. The molecule has 2 amide bonds. The number of fused-ring (bicyclic) bond motifs is 1. The van der Waals surface area contributed by atoms with Crippen molar-refractivity contribution in [3.8, 4) is 0 Å². The predicted molar refractivity (Wildman–Crippen MR) is 105 cm³/mol. The fraction of sp³-hybridized carbons (Fsp3) is 0.450. The van der Waals surface area contributed by atoms with Gasteiger partial charge in [0.25, 0.3) is 11.5 Å². The number of ether oxygens (including phenoxy) is 2. The van der Waals surface area contributed by atoms with Gasteiger partial charge in [0.15, 0.2) is 6.10 Å². The van der Waals surface area contributed by atoms with Crippen LogP contribution in [0.1, 0.15) is 38.8 Å². The second-order valence-corrected chi connectivity index (χ2v) is 6.47. The highest BCUT2D eigenvalue weighted by Gasteiger charge is 2.21. The second kappa shape index (κ2) is 10.4. The van der Waals surface area contributed by atoms with Gasteiger partial charge < -0.3 is 14.0 Å². The molecular weight excluding hydrogens is 378 g/mol. The molecule has 156 valence electrons. The van der Waals surface area contributed by atoms with Crippen molar-refractivity contribution in [3.05, 3.63) is 40.3 Å². The predicted octanol–water partition coefficient (Wildman–Crippen LogP) is 1.94. The first-order valence-corrected chi connectivity index (χ1v) is 9.44. The van der Waals surface area contributed by atoms with E-state index in [1.807, 2.05) is 36.5 Å². The van der Waals surface area contributed by atoms with Gasteiger partial charge in [0.1, 0.15) is 5.69 Å². The quantitative estimate of drug-likeness (QED) is 0.670. The number of carbonyl (C=O) groups excluding carboxylic acids is 3. The Balaban J connectivity index is 2.09. The summed E-state index contributed by atoms with van der Waals surface area (Å²) in [5.74, 6) is -1.47. The molecule has 0 saturated carbocycles. The van der Waals surface area contributed by atoms with E-state index in [0.29, 0.717) is 12.1 Å². The Kier molecular flexibility index (Phi) is 7.88. The number of nitrogens with one attached hydrogen (secondary N) is 1. The summed E-state index contributed by atoms with van der Waals surface area (Å²) in [6, 6.07) is 7.35. The van der Waals surface area contributed by atoms with Crippen molar-refractivity contribution in [1.82, 2.24) is 14.9 Å². The molecule has 1 heterocycles. The zero-order valence-corrected chi connectivity index (χ0v) is 16.8. The smallest absolute Gasteiger partial charge is 0.413 e. The topological polar surface area (TPSA) is 117 Å². The number of methoxy groups -OCH3 is 1. The highest BCUT2D eigenvalue weighted by molar-refractivity contribution is 5.95. The molecule has 1 atom stereocenters. The highest BCUT2D eigenvalue weighted by atomic mass is 16.6. The van der Waals surface area contributed by atoms with Crippen molar-refractivity contribution in [3.63, 3.8) is 0 Å². The molecule has 0 bridgehead atoms. The molecule has 0 fully saturated rings. The van der Waals surface area contributed by atoms with E-state index < -0.39 is 24.1 Å². The molecule has 0 aliphatic rings. The number of rotatable bonds is 8. The number of benzene rings is 1. The molecule has 9 heteroatoms. The maximum Gasteiger partial charge on any atom is 0.413 e. The van der Waals surface area contributed by atoms with Crippen LogP contribution in [0.4, 0.5) is 4.79 Å². The lowest BCUT2D eigenvalue weighted by atomic mass is 10.2. The standard InChI is InChI=1S/C20H25N3O6/c1-4-5-12-23-16-9-7-6-8-14(16)21-15(19(23)26)10-11-17(24)29-13(2)18(25)22-20(27)28-3/h6-9,13H,4-5,10-12H2,1-3H3,(H,22,25,27)/t13-/m0/s1. The average Bonchev–Trinajstić information content (AvgIpc) is 2.71. The Morgan fingerprint density at radius 1 is 1.24 bits per heavy atom. The van der Waals surface area contributed by atoms with Crippen LogP contribution >= 0.6 is 0 Å². The number of para-hydroxylation sites is 2. The summed E-state index contributed by atoms with van der Waals surface area (Å²) in [5.41, 5.74) is 1.47. The molecule has 0 spiro atoms. The molecule has 1 N–H and O–H groups in total. The summed E-state index contributed by atoms with van der Waals surface area (Å²) in [5, 5.41) is 1.92. The fourth-order valence-corrected chi connectivity index (χ4v) is 2.73. The molecule has 0 aliphatic heterocycles. The zero-order chi connectivity index (χ0) is 21.4. The fourth-order valence-electron chi connectivity index (χ4n) is 2.73. The number of hydrogen-bond donors (Lipinski definition) is 1. The van der Waals surface area contributed by atoms with Crippen LogP contribution in [0.25, 0.3) is 11.0 Å². The maximum atomic E-state index is 12.8.